The summed E-state index contributed by atoms with van der Waals surface area (Å²) in [6, 6.07) is 13.2. The topological polar surface area (TPSA) is 17.1 Å². The minimum Gasteiger partial charge on any atom is -0.289 e. The van der Waals surface area contributed by atoms with E-state index in [1.54, 1.807) is 6.07 Å². The molecule has 0 aromatic heterocycles. The third-order valence-electron chi connectivity index (χ3n) is 3.08. The lowest BCUT2D eigenvalue weighted by Crippen LogP contribution is -2.05. The molecule has 2 rings (SSSR count). The Morgan fingerprint density at radius 1 is 1.17 bits per heavy atom. The van der Waals surface area contributed by atoms with Crippen LogP contribution in [0.3, 0.4) is 0 Å². The summed E-state index contributed by atoms with van der Waals surface area (Å²) >= 11 is 6.07. The molecule has 0 N–H and O–H groups in total. The highest BCUT2D eigenvalue weighted by Gasteiger charge is 2.13. The van der Waals surface area contributed by atoms with Gasteiger partial charge in [0.05, 0.1) is 0 Å². The van der Waals surface area contributed by atoms with E-state index in [0.717, 1.165) is 23.1 Å². The molecular formula is C16H15ClO. The number of ketones is 1. The van der Waals surface area contributed by atoms with Gasteiger partial charge in [-0.2, -0.15) is 0 Å². The fourth-order valence-electron chi connectivity index (χ4n) is 1.94. The van der Waals surface area contributed by atoms with Crippen LogP contribution in [0.5, 0.6) is 0 Å². The van der Waals surface area contributed by atoms with Crippen molar-refractivity contribution in [1.82, 2.24) is 0 Å². The van der Waals surface area contributed by atoms with Gasteiger partial charge in [-0.1, -0.05) is 54.9 Å². The van der Waals surface area contributed by atoms with Gasteiger partial charge in [0.1, 0.15) is 0 Å². The maximum atomic E-state index is 12.4. The molecule has 0 saturated heterocycles. The van der Waals surface area contributed by atoms with E-state index in [4.69, 9.17) is 11.6 Å². The van der Waals surface area contributed by atoms with Crippen LogP contribution < -0.4 is 0 Å². The van der Waals surface area contributed by atoms with Crippen molar-refractivity contribution in [3.05, 3.63) is 69.7 Å². The van der Waals surface area contributed by atoms with E-state index in [1.165, 1.54) is 0 Å². The Morgan fingerprint density at radius 2 is 1.89 bits per heavy atom. The highest BCUT2D eigenvalue weighted by molar-refractivity contribution is 6.31. The first kappa shape index (κ1) is 12.8. The number of carbonyl (C=O) groups excluding carboxylic acids is 1. The van der Waals surface area contributed by atoms with E-state index >= 15 is 0 Å². The van der Waals surface area contributed by atoms with Gasteiger partial charge >= 0.3 is 0 Å². The average molecular weight is 259 g/mol. The van der Waals surface area contributed by atoms with Crippen molar-refractivity contribution in [2.45, 2.75) is 20.3 Å². The average Bonchev–Trinajstić information content (AvgIpc) is 2.41. The van der Waals surface area contributed by atoms with Crippen LogP contribution >= 0.6 is 11.6 Å². The summed E-state index contributed by atoms with van der Waals surface area (Å²) < 4.78 is 0. The Bertz CT molecular complexity index is 587. The maximum absolute atomic E-state index is 12.4. The van der Waals surface area contributed by atoms with Crippen molar-refractivity contribution >= 4 is 17.4 Å². The van der Waals surface area contributed by atoms with E-state index < -0.39 is 0 Å². The molecule has 92 valence electrons. The van der Waals surface area contributed by atoms with Crippen LogP contribution in [0.25, 0.3) is 0 Å². The van der Waals surface area contributed by atoms with Crippen molar-refractivity contribution < 1.29 is 4.79 Å². The molecule has 0 fully saturated rings. The van der Waals surface area contributed by atoms with Crippen LogP contribution in [-0.2, 0) is 6.42 Å². The molecule has 0 bridgehead atoms. The van der Waals surface area contributed by atoms with Crippen molar-refractivity contribution in [1.29, 1.82) is 0 Å². The van der Waals surface area contributed by atoms with Crippen LogP contribution in [-0.4, -0.2) is 5.78 Å². The van der Waals surface area contributed by atoms with Crippen molar-refractivity contribution in [2.24, 2.45) is 0 Å². The van der Waals surface area contributed by atoms with Crippen molar-refractivity contribution in [2.75, 3.05) is 0 Å². The van der Waals surface area contributed by atoms with Gasteiger partial charge in [0.2, 0.25) is 0 Å². The van der Waals surface area contributed by atoms with E-state index in [-0.39, 0.29) is 5.78 Å². The zero-order chi connectivity index (χ0) is 13.1. The quantitative estimate of drug-likeness (QED) is 0.744. The van der Waals surface area contributed by atoms with Gasteiger partial charge in [0, 0.05) is 16.1 Å². The highest BCUT2D eigenvalue weighted by atomic mass is 35.5. The molecule has 2 aromatic rings. The Hall–Kier alpha value is -1.60. The normalized spacial score (nSPS) is 10.4. The highest BCUT2D eigenvalue weighted by Crippen LogP contribution is 2.20. The molecule has 1 nitrogen and oxygen atoms in total. The van der Waals surface area contributed by atoms with E-state index in [2.05, 4.69) is 0 Å². The molecule has 18 heavy (non-hydrogen) atoms. The molecule has 2 aromatic carbocycles. The summed E-state index contributed by atoms with van der Waals surface area (Å²) in [5, 5.41) is 0.634. The van der Waals surface area contributed by atoms with Crippen LogP contribution in [0.15, 0.2) is 42.5 Å². The minimum atomic E-state index is 0.0364. The fourth-order valence-corrected chi connectivity index (χ4v) is 2.12. The Balaban J connectivity index is 2.44. The molecular weight excluding hydrogens is 244 g/mol. The number of halogens is 1. The fraction of sp³-hybridized carbons (Fsp3) is 0.188. The lowest BCUT2D eigenvalue weighted by Gasteiger charge is -2.07. The summed E-state index contributed by atoms with van der Waals surface area (Å²) in [4.78, 5) is 12.4. The molecule has 0 amide bonds. The Labute approximate surface area is 112 Å². The molecule has 0 saturated carbocycles. The molecule has 0 radical (unpaired) electrons. The molecule has 0 heterocycles. The van der Waals surface area contributed by atoms with Crippen LogP contribution in [0.1, 0.15) is 34.0 Å². The molecule has 0 aliphatic rings. The standard InChI is InChI=1S/C16H15ClO/c1-3-12-6-4-5-7-14(12)16(18)13-9-8-11(2)15(17)10-13/h4-10H,3H2,1-2H3. The number of benzene rings is 2. The zero-order valence-electron chi connectivity index (χ0n) is 10.5. The summed E-state index contributed by atoms with van der Waals surface area (Å²) in [5.74, 6) is 0.0364. The van der Waals surface area contributed by atoms with Gasteiger partial charge in [0.25, 0.3) is 0 Å². The lowest BCUT2D eigenvalue weighted by molar-refractivity contribution is 0.103. The largest absolute Gasteiger partial charge is 0.289 e. The number of hydrogen-bond donors (Lipinski definition) is 0. The van der Waals surface area contributed by atoms with E-state index in [0.29, 0.717) is 10.6 Å². The van der Waals surface area contributed by atoms with Gasteiger partial charge in [0.15, 0.2) is 5.78 Å². The predicted octanol–water partition coefficient (Wildman–Crippen LogP) is 4.44. The Kier molecular flexibility index (Phi) is 3.83. The van der Waals surface area contributed by atoms with Gasteiger partial charge in [-0.15, -0.1) is 0 Å². The maximum Gasteiger partial charge on any atom is 0.193 e. The second kappa shape index (κ2) is 5.36. The second-order valence-corrected chi connectivity index (χ2v) is 4.71. The van der Waals surface area contributed by atoms with E-state index in [1.807, 2.05) is 50.2 Å². The molecule has 0 atom stereocenters. The minimum absolute atomic E-state index is 0.0364. The summed E-state index contributed by atoms with van der Waals surface area (Å²) in [7, 11) is 0. The first-order chi connectivity index (χ1) is 8.63. The zero-order valence-corrected chi connectivity index (χ0v) is 11.3. The molecule has 0 aliphatic heterocycles. The predicted molar refractivity (Wildman–Crippen MR) is 75.4 cm³/mol. The SMILES string of the molecule is CCc1ccccc1C(=O)c1ccc(C)c(Cl)c1. The van der Waals surface area contributed by atoms with Crippen LogP contribution in [0.2, 0.25) is 5.02 Å². The second-order valence-electron chi connectivity index (χ2n) is 4.30. The molecule has 0 spiro atoms. The van der Waals surface area contributed by atoms with Gasteiger partial charge in [-0.05, 0) is 30.5 Å². The third kappa shape index (κ3) is 2.46. The first-order valence-corrected chi connectivity index (χ1v) is 6.40. The number of carbonyl (C=O) groups is 1. The van der Waals surface area contributed by atoms with Crippen LogP contribution in [0, 0.1) is 6.92 Å². The monoisotopic (exact) mass is 258 g/mol. The molecule has 0 unspecified atom stereocenters. The first-order valence-electron chi connectivity index (χ1n) is 6.02. The van der Waals surface area contributed by atoms with Gasteiger partial charge < -0.3 is 0 Å². The molecule has 2 heteroatoms. The van der Waals surface area contributed by atoms with Crippen molar-refractivity contribution in [3.8, 4) is 0 Å². The number of aryl methyl sites for hydroxylation is 2. The third-order valence-corrected chi connectivity index (χ3v) is 3.48. The number of hydrogen-bond acceptors (Lipinski definition) is 1. The van der Waals surface area contributed by atoms with Gasteiger partial charge in [-0.25, -0.2) is 0 Å². The number of rotatable bonds is 3. The molecule has 0 aliphatic carbocycles. The summed E-state index contributed by atoms with van der Waals surface area (Å²) in [5.41, 5.74) is 3.46. The summed E-state index contributed by atoms with van der Waals surface area (Å²) in [6.07, 6.45) is 0.849. The van der Waals surface area contributed by atoms with Gasteiger partial charge in [-0.3, -0.25) is 4.79 Å². The lowest BCUT2D eigenvalue weighted by atomic mass is 9.96. The van der Waals surface area contributed by atoms with Crippen molar-refractivity contribution in [3.63, 3.8) is 0 Å². The van der Waals surface area contributed by atoms with Crippen LogP contribution in [0.4, 0.5) is 0 Å². The Morgan fingerprint density at radius 3 is 2.56 bits per heavy atom. The summed E-state index contributed by atoms with van der Waals surface area (Å²) in [6.45, 7) is 3.98. The van der Waals surface area contributed by atoms with E-state index in [9.17, 15) is 4.79 Å². The smallest absolute Gasteiger partial charge is 0.193 e.